The Morgan fingerprint density at radius 2 is 2.09 bits per heavy atom. The van der Waals surface area contributed by atoms with Crippen molar-refractivity contribution >= 4 is 17.3 Å². The fraction of sp³-hybridized carbons (Fsp3) is 0.154. The topological polar surface area (TPSA) is 120 Å². The molecule has 0 bridgehead atoms. The molecule has 1 aromatic carbocycles. The van der Waals surface area contributed by atoms with Crippen LogP contribution < -0.4 is 4.74 Å². The van der Waals surface area contributed by atoms with Gasteiger partial charge in [-0.05, 0) is 17.7 Å². The second-order valence-electron chi connectivity index (χ2n) is 4.52. The van der Waals surface area contributed by atoms with E-state index in [1.165, 1.54) is 7.11 Å². The Morgan fingerprint density at radius 3 is 2.74 bits per heavy atom. The molecule has 2 heterocycles. The highest BCUT2D eigenvalue weighted by Gasteiger charge is 2.30. The van der Waals surface area contributed by atoms with E-state index in [2.05, 4.69) is 20.4 Å². The molecule has 0 unspecified atom stereocenters. The average Bonchev–Trinajstić information content (AvgIpc) is 3.15. The summed E-state index contributed by atoms with van der Waals surface area (Å²) in [4.78, 5) is 10.5. The van der Waals surface area contributed by atoms with E-state index in [1.54, 1.807) is 12.1 Å². The number of hydrogen-bond acceptors (Lipinski definition) is 7. The Labute approximate surface area is 134 Å². The maximum Gasteiger partial charge on any atom is 0.362 e. The maximum absolute atomic E-state index is 11.1. The van der Waals surface area contributed by atoms with Crippen LogP contribution in [0, 0.1) is 10.1 Å². The molecule has 0 atom stereocenters. The molecule has 9 nitrogen and oxygen atoms in total. The SMILES string of the molecule is COc1n[nH]c(-c2nnc(Cc3ccc(Cl)cc3)o2)c1[N+](=O)[O-]. The van der Waals surface area contributed by atoms with Crippen molar-refractivity contribution in [3.63, 3.8) is 0 Å². The molecule has 0 aliphatic rings. The van der Waals surface area contributed by atoms with Crippen LogP contribution in [0.5, 0.6) is 5.88 Å². The number of ether oxygens (including phenoxy) is 1. The standard InChI is InChI=1S/C13H10ClN5O4/c1-22-13-11(19(20)21)10(16-18-13)12-17-15-9(23-12)6-7-2-4-8(14)5-3-7/h2-5H,6H2,1H3,(H,16,18). The van der Waals surface area contributed by atoms with Crippen molar-refractivity contribution in [2.24, 2.45) is 0 Å². The lowest BCUT2D eigenvalue weighted by atomic mass is 10.1. The summed E-state index contributed by atoms with van der Waals surface area (Å²) in [6, 6.07) is 7.15. The summed E-state index contributed by atoms with van der Waals surface area (Å²) in [6.45, 7) is 0. The van der Waals surface area contributed by atoms with Gasteiger partial charge in [0.15, 0.2) is 0 Å². The van der Waals surface area contributed by atoms with Gasteiger partial charge in [-0.3, -0.25) is 15.2 Å². The third-order valence-corrected chi connectivity index (χ3v) is 3.29. The second kappa shape index (κ2) is 6.05. The van der Waals surface area contributed by atoms with E-state index in [-0.39, 0.29) is 23.2 Å². The zero-order valence-corrected chi connectivity index (χ0v) is 12.6. The first-order chi connectivity index (χ1) is 11.1. The summed E-state index contributed by atoms with van der Waals surface area (Å²) < 4.78 is 10.3. The Bertz CT molecular complexity index is 842. The van der Waals surface area contributed by atoms with Crippen LogP contribution in [0.3, 0.4) is 0 Å². The number of hydrogen-bond donors (Lipinski definition) is 1. The Morgan fingerprint density at radius 1 is 1.35 bits per heavy atom. The van der Waals surface area contributed by atoms with Crippen molar-refractivity contribution < 1.29 is 14.1 Å². The first-order valence-electron chi connectivity index (χ1n) is 6.42. The third kappa shape index (κ3) is 2.99. The molecule has 1 N–H and O–H groups in total. The normalized spacial score (nSPS) is 10.7. The van der Waals surface area contributed by atoms with Gasteiger partial charge in [0.2, 0.25) is 11.6 Å². The number of methoxy groups -OCH3 is 1. The van der Waals surface area contributed by atoms with Gasteiger partial charge in [-0.1, -0.05) is 23.7 Å². The van der Waals surface area contributed by atoms with Gasteiger partial charge in [0.1, 0.15) is 0 Å². The van der Waals surface area contributed by atoms with Crippen LogP contribution in [0.4, 0.5) is 5.69 Å². The lowest BCUT2D eigenvalue weighted by Crippen LogP contribution is -1.93. The van der Waals surface area contributed by atoms with Gasteiger partial charge in [-0.25, -0.2) is 0 Å². The van der Waals surface area contributed by atoms with E-state index in [4.69, 9.17) is 20.8 Å². The zero-order chi connectivity index (χ0) is 16.4. The quantitative estimate of drug-likeness (QED) is 0.562. The molecule has 0 spiro atoms. The van der Waals surface area contributed by atoms with Crippen LogP contribution in [-0.4, -0.2) is 32.4 Å². The number of H-pyrrole nitrogens is 1. The molecule has 10 heteroatoms. The number of nitro groups is 1. The number of halogens is 1. The summed E-state index contributed by atoms with van der Waals surface area (Å²) in [5.41, 5.74) is 0.567. The number of rotatable bonds is 5. The average molecular weight is 336 g/mol. The minimum absolute atomic E-state index is 0.00158. The van der Waals surface area contributed by atoms with Gasteiger partial charge in [-0.15, -0.1) is 15.3 Å². The zero-order valence-electron chi connectivity index (χ0n) is 11.8. The highest BCUT2D eigenvalue weighted by Crippen LogP contribution is 2.34. The van der Waals surface area contributed by atoms with E-state index in [1.807, 2.05) is 12.1 Å². The van der Waals surface area contributed by atoms with Crippen LogP contribution in [0.25, 0.3) is 11.6 Å². The van der Waals surface area contributed by atoms with Crippen molar-refractivity contribution in [1.29, 1.82) is 0 Å². The van der Waals surface area contributed by atoms with Crippen molar-refractivity contribution in [1.82, 2.24) is 20.4 Å². The molecule has 0 saturated heterocycles. The molecule has 2 aromatic heterocycles. The molecule has 0 aliphatic carbocycles. The molecule has 0 saturated carbocycles. The van der Waals surface area contributed by atoms with E-state index in [0.717, 1.165) is 5.56 Å². The molecule has 118 valence electrons. The number of benzene rings is 1. The minimum Gasteiger partial charge on any atom is -0.475 e. The fourth-order valence-electron chi connectivity index (χ4n) is 1.98. The highest BCUT2D eigenvalue weighted by molar-refractivity contribution is 6.30. The van der Waals surface area contributed by atoms with Crippen LogP contribution >= 0.6 is 11.6 Å². The first kappa shape index (κ1) is 15.0. The summed E-state index contributed by atoms with van der Waals surface area (Å²) in [7, 11) is 1.28. The molecule has 3 aromatic rings. The Balaban J connectivity index is 1.89. The Hall–Kier alpha value is -2.94. The van der Waals surface area contributed by atoms with Crippen LogP contribution in [0.2, 0.25) is 5.02 Å². The van der Waals surface area contributed by atoms with Gasteiger partial charge >= 0.3 is 11.6 Å². The minimum atomic E-state index is -0.624. The van der Waals surface area contributed by atoms with Crippen LogP contribution in [0.1, 0.15) is 11.5 Å². The van der Waals surface area contributed by atoms with Gasteiger partial charge in [-0.2, -0.15) is 0 Å². The number of nitrogens with one attached hydrogen (secondary N) is 1. The molecule has 0 fully saturated rings. The van der Waals surface area contributed by atoms with E-state index in [0.29, 0.717) is 17.3 Å². The van der Waals surface area contributed by atoms with Crippen LogP contribution in [0.15, 0.2) is 28.7 Å². The lowest BCUT2D eigenvalue weighted by molar-refractivity contribution is -0.385. The highest BCUT2D eigenvalue weighted by atomic mass is 35.5. The van der Waals surface area contributed by atoms with Crippen molar-refractivity contribution in [2.75, 3.05) is 7.11 Å². The maximum atomic E-state index is 11.1. The van der Waals surface area contributed by atoms with Gasteiger partial charge in [0, 0.05) is 5.02 Å². The van der Waals surface area contributed by atoms with Crippen molar-refractivity contribution in [3.05, 3.63) is 50.9 Å². The molecular weight excluding hydrogens is 326 g/mol. The van der Waals surface area contributed by atoms with E-state index >= 15 is 0 Å². The summed E-state index contributed by atoms with van der Waals surface area (Å²) in [5, 5.41) is 25.6. The number of aromatic nitrogens is 4. The largest absolute Gasteiger partial charge is 0.475 e. The summed E-state index contributed by atoms with van der Waals surface area (Å²) in [5.74, 6) is 0.129. The molecule has 0 amide bonds. The molecule has 0 radical (unpaired) electrons. The number of aromatic amines is 1. The predicted molar refractivity (Wildman–Crippen MR) is 79.3 cm³/mol. The van der Waals surface area contributed by atoms with Gasteiger partial charge < -0.3 is 9.15 Å². The Kier molecular flexibility index (Phi) is 3.94. The molecule has 0 aliphatic heterocycles. The molecular formula is C13H10ClN5O4. The first-order valence-corrected chi connectivity index (χ1v) is 6.80. The summed E-state index contributed by atoms with van der Waals surface area (Å²) in [6.07, 6.45) is 0.378. The predicted octanol–water partition coefficient (Wildman–Crippen LogP) is 2.62. The van der Waals surface area contributed by atoms with E-state index in [9.17, 15) is 10.1 Å². The second-order valence-corrected chi connectivity index (χ2v) is 4.95. The smallest absolute Gasteiger partial charge is 0.362 e. The van der Waals surface area contributed by atoms with Crippen LogP contribution in [-0.2, 0) is 6.42 Å². The van der Waals surface area contributed by atoms with Crippen molar-refractivity contribution in [2.45, 2.75) is 6.42 Å². The summed E-state index contributed by atoms with van der Waals surface area (Å²) >= 11 is 5.82. The fourth-order valence-corrected chi connectivity index (χ4v) is 2.11. The van der Waals surface area contributed by atoms with E-state index < -0.39 is 4.92 Å². The molecule has 23 heavy (non-hydrogen) atoms. The van der Waals surface area contributed by atoms with Gasteiger partial charge in [0.25, 0.3) is 5.89 Å². The molecule has 3 rings (SSSR count). The van der Waals surface area contributed by atoms with Gasteiger partial charge in [0.05, 0.1) is 18.5 Å². The monoisotopic (exact) mass is 335 g/mol. The lowest BCUT2D eigenvalue weighted by Gasteiger charge is -1.96. The van der Waals surface area contributed by atoms with Crippen molar-refractivity contribution in [3.8, 4) is 17.5 Å². The number of nitrogens with zero attached hydrogens (tertiary/aromatic N) is 4. The third-order valence-electron chi connectivity index (χ3n) is 3.03.